The second-order valence-corrected chi connectivity index (χ2v) is 8.84. The Labute approximate surface area is 180 Å². The Kier molecular flexibility index (Phi) is 6.87. The zero-order chi connectivity index (χ0) is 21.7. The van der Waals surface area contributed by atoms with Crippen molar-refractivity contribution in [2.75, 3.05) is 11.9 Å². The summed E-state index contributed by atoms with van der Waals surface area (Å²) >= 11 is 6.03. The first-order chi connectivity index (χ1) is 14.3. The van der Waals surface area contributed by atoms with E-state index in [1.165, 1.54) is 4.31 Å². The number of para-hydroxylation sites is 1. The van der Waals surface area contributed by atoms with Crippen LogP contribution < -0.4 is 5.32 Å². The highest BCUT2D eigenvalue weighted by molar-refractivity contribution is 7.89. The van der Waals surface area contributed by atoms with Crippen LogP contribution in [0, 0.1) is 5.82 Å². The summed E-state index contributed by atoms with van der Waals surface area (Å²) < 4.78 is 41.8. The normalized spacial score (nSPS) is 11.5. The Hall–Kier alpha value is -2.74. The molecule has 0 aromatic heterocycles. The van der Waals surface area contributed by atoms with Gasteiger partial charge in [-0.25, -0.2) is 12.8 Å². The number of hydrogen-bond acceptors (Lipinski definition) is 3. The first-order valence-corrected chi connectivity index (χ1v) is 11.0. The molecule has 0 unspecified atom stereocenters. The maximum atomic E-state index is 14.3. The third-order valence-electron chi connectivity index (χ3n) is 4.50. The molecule has 8 heteroatoms. The first-order valence-electron chi connectivity index (χ1n) is 9.22. The molecule has 3 aromatic carbocycles. The van der Waals surface area contributed by atoms with Crippen LogP contribution in [0.2, 0.25) is 5.02 Å². The molecule has 1 amide bonds. The number of anilines is 1. The molecular formula is C22H20ClFN2O3S. The van der Waals surface area contributed by atoms with E-state index in [1.807, 2.05) is 30.3 Å². The number of carbonyl (C=O) groups excluding carboxylic acids is 1. The van der Waals surface area contributed by atoms with E-state index in [1.54, 1.807) is 31.2 Å². The molecule has 0 fully saturated rings. The lowest BCUT2D eigenvalue weighted by Gasteiger charge is -2.21. The van der Waals surface area contributed by atoms with Crippen LogP contribution in [0.15, 0.2) is 77.7 Å². The van der Waals surface area contributed by atoms with Gasteiger partial charge in [0, 0.05) is 13.1 Å². The van der Waals surface area contributed by atoms with E-state index in [9.17, 15) is 17.6 Å². The number of halogens is 2. The molecule has 0 saturated carbocycles. The summed E-state index contributed by atoms with van der Waals surface area (Å²) in [6.45, 7) is 2.10. The molecular weight excluding hydrogens is 427 g/mol. The van der Waals surface area contributed by atoms with Crippen LogP contribution in [-0.2, 0) is 16.6 Å². The number of amides is 1. The fourth-order valence-electron chi connectivity index (χ4n) is 2.89. The molecule has 3 rings (SSSR count). The molecule has 0 aliphatic carbocycles. The van der Waals surface area contributed by atoms with Gasteiger partial charge in [-0.15, -0.1) is 0 Å². The van der Waals surface area contributed by atoms with Gasteiger partial charge in [0.2, 0.25) is 10.0 Å². The van der Waals surface area contributed by atoms with Gasteiger partial charge in [0.05, 0.1) is 21.2 Å². The average Bonchev–Trinajstić information content (AvgIpc) is 2.74. The quantitative estimate of drug-likeness (QED) is 0.558. The molecule has 0 heterocycles. The van der Waals surface area contributed by atoms with Crippen molar-refractivity contribution >= 4 is 33.2 Å². The predicted octanol–water partition coefficient (Wildman–Crippen LogP) is 4.94. The van der Waals surface area contributed by atoms with Crippen LogP contribution in [0.25, 0.3) is 0 Å². The number of carbonyl (C=O) groups is 1. The zero-order valence-corrected chi connectivity index (χ0v) is 17.8. The number of nitrogens with one attached hydrogen (secondary N) is 1. The fraction of sp³-hybridized carbons (Fsp3) is 0.136. The molecule has 0 aliphatic heterocycles. The van der Waals surface area contributed by atoms with Crippen molar-refractivity contribution in [1.82, 2.24) is 4.31 Å². The highest BCUT2D eigenvalue weighted by Crippen LogP contribution is 2.24. The minimum absolute atomic E-state index is 0.161. The van der Waals surface area contributed by atoms with E-state index in [0.29, 0.717) is 5.69 Å². The summed E-state index contributed by atoms with van der Waals surface area (Å²) in [6.07, 6.45) is 0. The number of nitrogens with zero attached hydrogens (tertiary/aromatic N) is 1. The van der Waals surface area contributed by atoms with Gasteiger partial charge in [0.15, 0.2) is 0 Å². The minimum Gasteiger partial charge on any atom is -0.321 e. The lowest BCUT2D eigenvalue weighted by molar-refractivity contribution is 0.102. The third kappa shape index (κ3) is 4.87. The molecule has 30 heavy (non-hydrogen) atoms. The van der Waals surface area contributed by atoms with Gasteiger partial charge in [0.25, 0.3) is 5.91 Å². The van der Waals surface area contributed by atoms with Crippen LogP contribution in [0.3, 0.4) is 0 Å². The lowest BCUT2D eigenvalue weighted by Crippen LogP contribution is -2.30. The van der Waals surface area contributed by atoms with Crippen molar-refractivity contribution in [1.29, 1.82) is 0 Å². The van der Waals surface area contributed by atoms with Crippen LogP contribution >= 0.6 is 11.6 Å². The minimum atomic E-state index is -3.94. The molecule has 0 atom stereocenters. The van der Waals surface area contributed by atoms with Crippen molar-refractivity contribution in [3.05, 3.63) is 94.8 Å². The van der Waals surface area contributed by atoms with E-state index in [2.05, 4.69) is 5.32 Å². The monoisotopic (exact) mass is 446 g/mol. The van der Waals surface area contributed by atoms with Crippen molar-refractivity contribution < 1.29 is 17.6 Å². The summed E-state index contributed by atoms with van der Waals surface area (Å²) in [5.74, 6) is -1.62. The topological polar surface area (TPSA) is 66.5 Å². The van der Waals surface area contributed by atoms with Gasteiger partial charge >= 0.3 is 0 Å². The molecule has 0 radical (unpaired) electrons. The summed E-state index contributed by atoms with van der Waals surface area (Å²) in [4.78, 5) is 12.4. The summed E-state index contributed by atoms with van der Waals surface area (Å²) in [5, 5.41) is 2.80. The van der Waals surface area contributed by atoms with Crippen LogP contribution in [0.1, 0.15) is 22.8 Å². The van der Waals surface area contributed by atoms with Gasteiger partial charge in [-0.05, 0) is 35.9 Å². The fourth-order valence-corrected chi connectivity index (χ4v) is 4.54. The van der Waals surface area contributed by atoms with Crippen LogP contribution in [-0.4, -0.2) is 25.2 Å². The second-order valence-electron chi connectivity index (χ2n) is 6.49. The molecule has 3 aromatic rings. The Morgan fingerprint density at radius 1 is 1.03 bits per heavy atom. The molecule has 5 nitrogen and oxygen atoms in total. The van der Waals surface area contributed by atoms with Crippen molar-refractivity contribution in [2.45, 2.75) is 18.4 Å². The molecule has 0 bridgehead atoms. The molecule has 1 N–H and O–H groups in total. The highest BCUT2D eigenvalue weighted by atomic mass is 35.5. The van der Waals surface area contributed by atoms with E-state index < -0.39 is 21.7 Å². The molecule has 0 saturated heterocycles. The maximum absolute atomic E-state index is 14.3. The number of rotatable bonds is 7. The largest absolute Gasteiger partial charge is 0.321 e. The standard InChI is InChI=1S/C22H20ClFN2O3S/c1-2-26(15-16-8-4-3-5-9-16)30(28,29)17-12-13-20(24)18(14-17)22(27)25-21-11-7-6-10-19(21)23/h3-14H,2,15H2,1H3,(H,25,27). The first kappa shape index (κ1) is 22.0. The summed E-state index contributed by atoms with van der Waals surface area (Å²) in [6, 6.07) is 18.8. The van der Waals surface area contributed by atoms with Gasteiger partial charge < -0.3 is 5.32 Å². The summed E-state index contributed by atoms with van der Waals surface area (Å²) in [5.41, 5.74) is 0.740. The number of benzene rings is 3. The van der Waals surface area contributed by atoms with Crippen LogP contribution in [0.5, 0.6) is 0 Å². The smallest absolute Gasteiger partial charge is 0.258 e. The van der Waals surface area contributed by atoms with Gasteiger partial charge in [-0.3, -0.25) is 4.79 Å². The third-order valence-corrected chi connectivity index (χ3v) is 6.74. The summed E-state index contributed by atoms with van der Waals surface area (Å²) in [7, 11) is -3.94. The van der Waals surface area contributed by atoms with E-state index >= 15 is 0 Å². The van der Waals surface area contributed by atoms with Gasteiger partial charge in [-0.1, -0.05) is 61.0 Å². The van der Waals surface area contributed by atoms with E-state index in [0.717, 1.165) is 23.8 Å². The number of hydrogen-bond donors (Lipinski definition) is 1. The maximum Gasteiger partial charge on any atom is 0.258 e. The Bertz CT molecular complexity index is 1150. The Balaban J connectivity index is 1.90. The molecule has 156 valence electrons. The Morgan fingerprint density at radius 2 is 1.70 bits per heavy atom. The van der Waals surface area contributed by atoms with Crippen molar-refractivity contribution in [3.63, 3.8) is 0 Å². The van der Waals surface area contributed by atoms with E-state index in [4.69, 9.17) is 11.6 Å². The predicted molar refractivity (Wildman–Crippen MR) is 116 cm³/mol. The van der Waals surface area contributed by atoms with Gasteiger partial charge in [0.1, 0.15) is 5.82 Å². The highest BCUT2D eigenvalue weighted by Gasteiger charge is 2.25. The zero-order valence-electron chi connectivity index (χ0n) is 16.2. The number of sulfonamides is 1. The van der Waals surface area contributed by atoms with Crippen LogP contribution in [0.4, 0.5) is 10.1 Å². The molecule has 0 spiro atoms. The van der Waals surface area contributed by atoms with Gasteiger partial charge in [-0.2, -0.15) is 4.31 Å². The van der Waals surface area contributed by atoms with E-state index in [-0.39, 0.29) is 28.6 Å². The average molecular weight is 447 g/mol. The second kappa shape index (κ2) is 9.38. The van der Waals surface area contributed by atoms with Crippen molar-refractivity contribution in [3.8, 4) is 0 Å². The Morgan fingerprint density at radius 3 is 2.37 bits per heavy atom. The lowest BCUT2D eigenvalue weighted by atomic mass is 10.2. The SMILES string of the molecule is CCN(Cc1ccccc1)S(=O)(=O)c1ccc(F)c(C(=O)Nc2ccccc2Cl)c1. The molecule has 0 aliphatic rings. The van der Waals surface area contributed by atoms with Crippen molar-refractivity contribution in [2.24, 2.45) is 0 Å².